The zero-order chi connectivity index (χ0) is 17.2. The largest absolute Gasteiger partial charge is 0.494 e. The summed E-state index contributed by atoms with van der Waals surface area (Å²) in [7, 11) is 0. The molecule has 140 valence electrons. The van der Waals surface area contributed by atoms with E-state index in [0.29, 0.717) is 0 Å². The molecular formula is C23H30ClNO. The van der Waals surface area contributed by atoms with Crippen LogP contribution in [0.4, 0.5) is 0 Å². The first-order chi connectivity index (χ1) is 12.4. The van der Waals surface area contributed by atoms with E-state index in [2.05, 4.69) is 59.9 Å². The first-order valence-electron chi connectivity index (χ1n) is 9.59. The van der Waals surface area contributed by atoms with Crippen molar-refractivity contribution in [2.24, 2.45) is 0 Å². The molecule has 26 heavy (non-hydrogen) atoms. The fraction of sp³-hybridized carbons (Fsp3) is 0.391. The lowest BCUT2D eigenvalue weighted by Gasteiger charge is -2.22. The van der Waals surface area contributed by atoms with Crippen LogP contribution < -0.4 is 10.1 Å². The molecule has 3 heteroatoms. The van der Waals surface area contributed by atoms with Crippen LogP contribution in [-0.4, -0.2) is 19.2 Å². The maximum absolute atomic E-state index is 5.91. The summed E-state index contributed by atoms with van der Waals surface area (Å²) in [5.41, 5.74) is 2.38. The second kappa shape index (κ2) is 11.8. The standard InChI is InChI=1S/C23H29NO.ClH/c1-3-9-20(10-4-1)15-16-21-11-7-14-23(19-21)25-18-8-17-24-22-12-5-2-6-13-22;/h1,3-4,7,9-11,14-16,19,22,24H,2,5-6,8,12-13,17-18H2;1H. The minimum absolute atomic E-state index is 0. The van der Waals surface area contributed by atoms with Crippen molar-refractivity contribution in [2.45, 2.75) is 44.6 Å². The van der Waals surface area contributed by atoms with E-state index in [1.165, 1.54) is 43.2 Å². The van der Waals surface area contributed by atoms with Gasteiger partial charge in [0.1, 0.15) is 5.75 Å². The molecule has 0 radical (unpaired) electrons. The molecule has 1 fully saturated rings. The van der Waals surface area contributed by atoms with E-state index in [9.17, 15) is 0 Å². The molecule has 0 spiro atoms. The third kappa shape index (κ3) is 7.23. The lowest BCUT2D eigenvalue weighted by atomic mass is 9.95. The highest BCUT2D eigenvalue weighted by Gasteiger charge is 2.11. The minimum Gasteiger partial charge on any atom is -0.494 e. The summed E-state index contributed by atoms with van der Waals surface area (Å²) in [5, 5.41) is 3.67. The minimum atomic E-state index is 0. The van der Waals surface area contributed by atoms with Crippen molar-refractivity contribution in [1.29, 1.82) is 0 Å². The first kappa shape index (κ1) is 20.5. The van der Waals surface area contributed by atoms with Crippen molar-refractivity contribution < 1.29 is 4.74 Å². The van der Waals surface area contributed by atoms with Crippen LogP contribution in [0, 0.1) is 0 Å². The van der Waals surface area contributed by atoms with E-state index in [4.69, 9.17) is 4.74 Å². The second-order valence-electron chi connectivity index (χ2n) is 6.81. The quantitative estimate of drug-likeness (QED) is 0.456. The van der Waals surface area contributed by atoms with Crippen molar-refractivity contribution in [1.82, 2.24) is 5.32 Å². The SMILES string of the molecule is C(=Cc1cccc(OCCCNC2CCCCC2)c1)c1ccccc1.Cl. The molecule has 2 aromatic rings. The maximum atomic E-state index is 5.91. The summed E-state index contributed by atoms with van der Waals surface area (Å²) < 4.78 is 5.91. The zero-order valence-electron chi connectivity index (χ0n) is 15.4. The summed E-state index contributed by atoms with van der Waals surface area (Å²) in [5.74, 6) is 0.952. The van der Waals surface area contributed by atoms with Gasteiger partial charge < -0.3 is 10.1 Å². The topological polar surface area (TPSA) is 21.3 Å². The van der Waals surface area contributed by atoms with E-state index in [-0.39, 0.29) is 12.4 Å². The molecule has 0 saturated heterocycles. The highest BCUT2D eigenvalue weighted by atomic mass is 35.5. The van der Waals surface area contributed by atoms with Crippen LogP contribution >= 0.6 is 12.4 Å². The Morgan fingerprint density at radius 3 is 2.42 bits per heavy atom. The first-order valence-corrected chi connectivity index (χ1v) is 9.59. The average Bonchev–Trinajstić information content (AvgIpc) is 2.68. The zero-order valence-corrected chi connectivity index (χ0v) is 16.2. The Labute approximate surface area is 164 Å². The normalized spacial score (nSPS) is 14.9. The van der Waals surface area contributed by atoms with Gasteiger partial charge in [0.15, 0.2) is 0 Å². The highest BCUT2D eigenvalue weighted by molar-refractivity contribution is 5.85. The van der Waals surface area contributed by atoms with Gasteiger partial charge in [-0.15, -0.1) is 12.4 Å². The Kier molecular flexibility index (Phi) is 9.30. The molecule has 0 aliphatic heterocycles. The Balaban J connectivity index is 0.00000243. The Hall–Kier alpha value is -1.77. The summed E-state index contributed by atoms with van der Waals surface area (Å²) in [6.45, 7) is 1.82. The molecule has 2 nitrogen and oxygen atoms in total. The Bertz CT molecular complexity index is 650. The van der Waals surface area contributed by atoms with Crippen LogP contribution in [0.3, 0.4) is 0 Å². The van der Waals surface area contributed by atoms with Gasteiger partial charge in [-0.25, -0.2) is 0 Å². The van der Waals surface area contributed by atoms with Gasteiger partial charge in [-0.1, -0.05) is 73.9 Å². The number of hydrogen-bond donors (Lipinski definition) is 1. The van der Waals surface area contributed by atoms with Crippen LogP contribution in [0.1, 0.15) is 49.7 Å². The molecule has 0 bridgehead atoms. The van der Waals surface area contributed by atoms with Gasteiger partial charge in [-0.05, 0) is 49.1 Å². The van der Waals surface area contributed by atoms with Gasteiger partial charge >= 0.3 is 0 Å². The molecule has 0 heterocycles. The van der Waals surface area contributed by atoms with E-state index < -0.39 is 0 Å². The number of benzene rings is 2. The molecule has 1 saturated carbocycles. The van der Waals surface area contributed by atoms with E-state index in [1.807, 2.05) is 12.1 Å². The lowest BCUT2D eigenvalue weighted by Crippen LogP contribution is -2.32. The molecule has 0 aromatic heterocycles. The molecule has 1 aliphatic rings. The van der Waals surface area contributed by atoms with E-state index in [1.54, 1.807) is 0 Å². The smallest absolute Gasteiger partial charge is 0.119 e. The summed E-state index contributed by atoms with van der Waals surface area (Å²) in [6.07, 6.45) is 12.2. The van der Waals surface area contributed by atoms with Crippen molar-refractivity contribution in [2.75, 3.05) is 13.2 Å². The van der Waals surface area contributed by atoms with Gasteiger partial charge in [-0.2, -0.15) is 0 Å². The highest BCUT2D eigenvalue weighted by Crippen LogP contribution is 2.18. The summed E-state index contributed by atoms with van der Waals surface area (Å²) in [4.78, 5) is 0. The van der Waals surface area contributed by atoms with Crippen molar-refractivity contribution in [3.8, 4) is 5.75 Å². The second-order valence-corrected chi connectivity index (χ2v) is 6.81. The number of hydrogen-bond acceptors (Lipinski definition) is 2. The third-order valence-electron chi connectivity index (χ3n) is 4.75. The molecular weight excluding hydrogens is 342 g/mol. The third-order valence-corrected chi connectivity index (χ3v) is 4.75. The van der Waals surface area contributed by atoms with Crippen LogP contribution in [0.15, 0.2) is 54.6 Å². The monoisotopic (exact) mass is 371 g/mol. The van der Waals surface area contributed by atoms with Crippen LogP contribution in [-0.2, 0) is 0 Å². The molecule has 1 N–H and O–H groups in total. The maximum Gasteiger partial charge on any atom is 0.119 e. The molecule has 1 aliphatic carbocycles. The lowest BCUT2D eigenvalue weighted by molar-refractivity contribution is 0.297. The van der Waals surface area contributed by atoms with Crippen molar-refractivity contribution >= 4 is 24.6 Å². The van der Waals surface area contributed by atoms with Gasteiger partial charge in [0.2, 0.25) is 0 Å². The molecule has 3 rings (SSSR count). The predicted molar refractivity (Wildman–Crippen MR) is 114 cm³/mol. The number of ether oxygens (including phenoxy) is 1. The number of rotatable bonds is 8. The average molecular weight is 372 g/mol. The van der Waals surface area contributed by atoms with Gasteiger partial charge in [-0.3, -0.25) is 0 Å². The van der Waals surface area contributed by atoms with Gasteiger partial charge in [0.25, 0.3) is 0 Å². The molecule has 0 unspecified atom stereocenters. The van der Waals surface area contributed by atoms with Gasteiger partial charge in [0, 0.05) is 6.04 Å². The van der Waals surface area contributed by atoms with Crippen molar-refractivity contribution in [3.05, 3.63) is 65.7 Å². The van der Waals surface area contributed by atoms with Crippen LogP contribution in [0.5, 0.6) is 5.75 Å². The molecule has 0 amide bonds. The fourth-order valence-electron chi connectivity index (χ4n) is 3.34. The fourth-order valence-corrected chi connectivity index (χ4v) is 3.34. The molecule has 0 atom stereocenters. The van der Waals surface area contributed by atoms with E-state index >= 15 is 0 Å². The van der Waals surface area contributed by atoms with Crippen LogP contribution in [0.25, 0.3) is 12.2 Å². The molecule has 2 aromatic carbocycles. The van der Waals surface area contributed by atoms with Crippen LogP contribution in [0.2, 0.25) is 0 Å². The predicted octanol–water partition coefficient (Wildman–Crippen LogP) is 5.97. The summed E-state index contributed by atoms with van der Waals surface area (Å²) >= 11 is 0. The summed E-state index contributed by atoms with van der Waals surface area (Å²) in [6, 6.07) is 19.4. The Morgan fingerprint density at radius 1 is 0.885 bits per heavy atom. The van der Waals surface area contributed by atoms with Crippen molar-refractivity contribution in [3.63, 3.8) is 0 Å². The number of nitrogens with one attached hydrogen (secondary N) is 1. The number of halogens is 1. The van der Waals surface area contributed by atoms with Gasteiger partial charge in [0.05, 0.1) is 6.61 Å². The van der Waals surface area contributed by atoms with E-state index in [0.717, 1.165) is 31.4 Å². The Morgan fingerprint density at radius 2 is 1.62 bits per heavy atom.